The number of nitrogens with one attached hydrogen (secondary N) is 1. The Morgan fingerprint density at radius 2 is 2.04 bits per heavy atom. The molecule has 1 N–H and O–H groups in total. The first kappa shape index (κ1) is 17.3. The number of aromatic nitrogens is 1. The molecule has 0 aliphatic heterocycles. The standard InChI is InChI=1S/C18H17ClN2OS2/c1-12-9-10-14(19)17-16(12)21-18(24-17)20-15(22)8-5-11-23-13-6-3-2-4-7-13/h2-4,6-7,9-10H,5,8,11H2,1H3,(H,20,21,22). The van der Waals surface area contributed by atoms with Crippen molar-refractivity contribution >= 4 is 56.0 Å². The minimum Gasteiger partial charge on any atom is -0.302 e. The number of amides is 1. The molecule has 0 atom stereocenters. The van der Waals surface area contributed by atoms with E-state index in [0.717, 1.165) is 28.0 Å². The molecule has 1 heterocycles. The number of nitrogens with zero attached hydrogens (tertiary/aromatic N) is 1. The molecular formula is C18H17ClN2OS2. The van der Waals surface area contributed by atoms with Gasteiger partial charge in [0.1, 0.15) is 0 Å². The van der Waals surface area contributed by atoms with Crippen LogP contribution in [0.1, 0.15) is 18.4 Å². The van der Waals surface area contributed by atoms with Gasteiger partial charge in [-0.1, -0.05) is 47.2 Å². The molecule has 124 valence electrons. The Morgan fingerprint density at radius 3 is 2.79 bits per heavy atom. The van der Waals surface area contributed by atoms with Crippen molar-refractivity contribution in [2.75, 3.05) is 11.1 Å². The number of anilines is 1. The zero-order chi connectivity index (χ0) is 16.9. The van der Waals surface area contributed by atoms with Crippen molar-refractivity contribution in [1.82, 2.24) is 4.98 Å². The molecule has 2 aromatic carbocycles. The van der Waals surface area contributed by atoms with Gasteiger partial charge in [0.25, 0.3) is 0 Å². The minimum absolute atomic E-state index is 0.00325. The lowest BCUT2D eigenvalue weighted by molar-refractivity contribution is -0.116. The van der Waals surface area contributed by atoms with Crippen LogP contribution >= 0.6 is 34.7 Å². The Hall–Kier alpha value is -1.56. The second kappa shape index (κ2) is 8.01. The summed E-state index contributed by atoms with van der Waals surface area (Å²) in [7, 11) is 0. The van der Waals surface area contributed by atoms with Crippen molar-refractivity contribution in [3.63, 3.8) is 0 Å². The van der Waals surface area contributed by atoms with Gasteiger partial charge in [0.05, 0.1) is 15.2 Å². The number of halogens is 1. The molecule has 1 amide bonds. The third kappa shape index (κ3) is 4.29. The highest BCUT2D eigenvalue weighted by molar-refractivity contribution is 7.99. The quantitative estimate of drug-likeness (QED) is 0.438. The summed E-state index contributed by atoms with van der Waals surface area (Å²) >= 11 is 9.38. The van der Waals surface area contributed by atoms with Crippen LogP contribution < -0.4 is 5.32 Å². The van der Waals surface area contributed by atoms with Crippen molar-refractivity contribution in [3.05, 3.63) is 53.1 Å². The van der Waals surface area contributed by atoms with E-state index < -0.39 is 0 Å². The van der Waals surface area contributed by atoms with E-state index in [9.17, 15) is 4.79 Å². The number of carbonyl (C=O) groups is 1. The van der Waals surface area contributed by atoms with Crippen LogP contribution in [0.25, 0.3) is 10.2 Å². The number of hydrogen-bond donors (Lipinski definition) is 1. The molecule has 0 fully saturated rings. The van der Waals surface area contributed by atoms with Gasteiger partial charge in [-0.05, 0) is 42.9 Å². The molecule has 3 aromatic rings. The van der Waals surface area contributed by atoms with Gasteiger partial charge in [-0.2, -0.15) is 0 Å². The molecule has 0 aliphatic carbocycles. The highest BCUT2D eigenvalue weighted by atomic mass is 35.5. The molecule has 0 unspecified atom stereocenters. The molecule has 3 nitrogen and oxygen atoms in total. The van der Waals surface area contributed by atoms with Crippen LogP contribution in [0.2, 0.25) is 5.02 Å². The Morgan fingerprint density at radius 1 is 1.25 bits per heavy atom. The zero-order valence-electron chi connectivity index (χ0n) is 13.2. The maximum atomic E-state index is 12.1. The summed E-state index contributed by atoms with van der Waals surface area (Å²) < 4.78 is 0.923. The third-order valence-corrected chi connectivity index (χ3v) is 6.03. The fraction of sp³-hybridized carbons (Fsp3) is 0.222. The van der Waals surface area contributed by atoms with Crippen molar-refractivity contribution in [1.29, 1.82) is 0 Å². The van der Waals surface area contributed by atoms with Crippen LogP contribution in [0.4, 0.5) is 5.13 Å². The average molecular weight is 377 g/mol. The van der Waals surface area contributed by atoms with E-state index in [0.29, 0.717) is 16.6 Å². The first-order chi connectivity index (χ1) is 11.6. The van der Waals surface area contributed by atoms with E-state index >= 15 is 0 Å². The Kier molecular flexibility index (Phi) is 5.76. The summed E-state index contributed by atoms with van der Waals surface area (Å²) in [4.78, 5) is 17.8. The Balaban J connectivity index is 1.52. The molecule has 1 aromatic heterocycles. The van der Waals surface area contributed by atoms with Crippen LogP contribution in [-0.4, -0.2) is 16.6 Å². The minimum atomic E-state index is -0.00325. The largest absolute Gasteiger partial charge is 0.302 e. The summed E-state index contributed by atoms with van der Waals surface area (Å²) in [5.41, 5.74) is 1.92. The number of rotatable bonds is 6. The van der Waals surface area contributed by atoms with E-state index in [1.54, 1.807) is 11.8 Å². The van der Waals surface area contributed by atoms with Crippen LogP contribution in [0, 0.1) is 6.92 Å². The number of benzene rings is 2. The first-order valence-corrected chi connectivity index (χ1v) is 9.85. The normalized spacial score (nSPS) is 10.9. The predicted octanol–water partition coefficient (Wildman–Crippen LogP) is 5.77. The fourth-order valence-corrected chi connectivity index (χ4v) is 4.38. The predicted molar refractivity (Wildman–Crippen MR) is 104 cm³/mol. The van der Waals surface area contributed by atoms with Crippen molar-refractivity contribution < 1.29 is 4.79 Å². The lowest BCUT2D eigenvalue weighted by Crippen LogP contribution is -2.11. The number of aryl methyl sites for hydroxylation is 1. The second-order valence-electron chi connectivity index (χ2n) is 5.37. The van der Waals surface area contributed by atoms with Gasteiger partial charge >= 0.3 is 0 Å². The van der Waals surface area contributed by atoms with E-state index in [1.165, 1.54) is 16.2 Å². The van der Waals surface area contributed by atoms with Gasteiger partial charge in [0.15, 0.2) is 5.13 Å². The average Bonchev–Trinajstić information content (AvgIpc) is 3.01. The maximum Gasteiger partial charge on any atom is 0.226 e. The molecular weight excluding hydrogens is 360 g/mol. The van der Waals surface area contributed by atoms with Gasteiger partial charge in [0.2, 0.25) is 5.91 Å². The number of thioether (sulfide) groups is 1. The lowest BCUT2D eigenvalue weighted by atomic mass is 10.2. The zero-order valence-corrected chi connectivity index (χ0v) is 15.6. The molecule has 6 heteroatoms. The molecule has 0 saturated heterocycles. The summed E-state index contributed by atoms with van der Waals surface area (Å²) in [5.74, 6) is 0.916. The highest BCUT2D eigenvalue weighted by Crippen LogP contribution is 2.33. The smallest absolute Gasteiger partial charge is 0.226 e. The molecule has 0 spiro atoms. The summed E-state index contributed by atoms with van der Waals surface area (Å²) in [5, 5.41) is 4.17. The van der Waals surface area contributed by atoms with Gasteiger partial charge in [-0.25, -0.2) is 4.98 Å². The Labute approximate surface area is 154 Å². The van der Waals surface area contributed by atoms with Crippen LogP contribution in [-0.2, 0) is 4.79 Å². The molecule has 0 radical (unpaired) electrons. The lowest BCUT2D eigenvalue weighted by Gasteiger charge is -2.02. The van der Waals surface area contributed by atoms with Gasteiger partial charge < -0.3 is 5.32 Å². The number of thiazole rings is 1. The number of fused-ring (bicyclic) bond motifs is 1. The van der Waals surface area contributed by atoms with E-state index in [1.807, 2.05) is 37.3 Å². The highest BCUT2D eigenvalue weighted by Gasteiger charge is 2.11. The second-order valence-corrected chi connectivity index (χ2v) is 7.95. The molecule has 3 rings (SSSR count). The van der Waals surface area contributed by atoms with E-state index in [2.05, 4.69) is 22.4 Å². The van der Waals surface area contributed by atoms with Crippen molar-refractivity contribution in [3.8, 4) is 0 Å². The van der Waals surface area contributed by atoms with Gasteiger partial charge in [-0.15, -0.1) is 11.8 Å². The van der Waals surface area contributed by atoms with Crippen molar-refractivity contribution in [2.24, 2.45) is 0 Å². The summed E-state index contributed by atoms with van der Waals surface area (Å²) in [6, 6.07) is 14.0. The molecule has 0 aliphatic rings. The van der Waals surface area contributed by atoms with Crippen molar-refractivity contribution in [2.45, 2.75) is 24.7 Å². The monoisotopic (exact) mass is 376 g/mol. The van der Waals surface area contributed by atoms with E-state index in [-0.39, 0.29) is 5.91 Å². The summed E-state index contributed by atoms with van der Waals surface area (Å²) in [6.07, 6.45) is 1.32. The fourth-order valence-electron chi connectivity index (χ4n) is 2.28. The molecule has 0 saturated carbocycles. The molecule has 0 bridgehead atoms. The summed E-state index contributed by atoms with van der Waals surface area (Å²) in [6.45, 7) is 1.99. The topological polar surface area (TPSA) is 42.0 Å². The number of carbonyl (C=O) groups excluding carboxylic acids is 1. The number of hydrogen-bond acceptors (Lipinski definition) is 4. The van der Waals surface area contributed by atoms with Crippen LogP contribution in [0.3, 0.4) is 0 Å². The van der Waals surface area contributed by atoms with Gasteiger partial charge in [0, 0.05) is 11.3 Å². The first-order valence-electron chi connectivity index (χ1n) is 7.67. The third-order valence-electron chi connectivity index (χ3n) is 3.50. The van der Waals surface area contributed by atoms with E-state index in [4.69, 9.17) is 11.6 Å². The maximum absolute atomic E-state index is 12.1. The van der Waals surface area contributed by atoms with Crippen LogP contribution in [0.5, 0.6) is 0 Å². The van der Waals surface area contributed by atoms with Crippen LogP contribution in [0.15, 0.2) is 47.4 Å². The Bertz CT molecular complexity index is 810. The van der Waals surface area contributed by atoms with Gasteiger partial charge in [-0.3, -0.25) is 4.79 Å². The SMILES string of the molecule is Cc1ccc(Cl)c2sc(NC(=O)CCCSc3ccccc3)nc12. The molecule has 24 heavy (non-hydrogen) atoms.